The summed E-state index contributed by atoms with van der Waals surface area (Å²) in [6.45, 7) is 5.76. The highest BCUT2D eigenvalue weighted by molar-refractivity contribution is 5.88. The maximum atomic E-state index is 12.4. The second-order valence-corrected chi connectivity index (χ2v) is 6.47. The molecule has 0 atom stereocenters. The molecule has 5 nitrogen and oxygen atoms in total. The molecule has 1 aliphatic heterocycles. The molecule has 2 fully saturated rings. The molecule has 1 aromatic rings. The Morgan fingerprint density at radius 1 is 1.14 bits per heavy atom. The van der Waals surface area contributed by atoms with Crippen LogP contribution in [-0.4, -0.2) is 53.0 Å². The number of urea groups is 1. The van der Waals surface area contributed by atoms with Gasteiger partial charge in [-0.3, -0.25) is 10.2 Å². The van der Waals surface area contributed by atoms with E-state index in [0.717, 1.165) is 44.2 Å². The number of hydrogen-bond acceptors (Lipinski definition) is 3. The van der Waals surface area contributed by atoms with E-state index in [4.69, 9.17) is 0 Å². The minimum Gasteiger partial charge on any atom is -0.323 e. The van der Waals surface area contributed by atoms with E-state index in [1.165, 1.54) is 25.7 Å². The van der Waals surface area contributed by atoms with E-state index in [0.29, 0.717) is 5.82 Å². The van der Waals surface area contributed by atoms with E-state index in [-0.39, 0.29) is 6.03 Å². The number of carbonyl (C=O) groups is 1. The Hall–Kier alpha value is -1.62. The SMILES string of the molecule is Cc1ccc(NC(=O)N2CCCN(C3CCCC3)CC2)nc1. The molecule has 22 heavy (non-hydrogen) atoms. The van der Waals surface area contributed by atoms with Crippen molar-refractivity contribution in [2.75, 3.05) is 31.5 Å². The third kappa shape index (κ3) is 3.77. The Morgan fingerprint density at radius 3 is 2.68 bits per heavy atom. The minimum atomic E-state index is -0.0235. The fraction of sp³-hybridized carbons (Fsp3) is 0.647. The van der Waals surface area contributed by atoms with E-state index >= 15 is 0 Å². The van der Waals surface area contributed by atoms with Gasteiger partial charge in [0.2, 0.25) is 0 Å². The Labute approximate surface area is 132 Å². The number of nitrogens with zero attached hydrogens (tertiary/aromatic N) is 3. The maximum Gasteiger partial charge on any atom is 0.323 e. The molecular formula is C17H26N4O. The minimum absolute atomic E-state index is 0.0235. The number of anilines is 1. The highest BCUT2D eigenvalue weighted by Gasteiger charge is 2.26. The molecule has 1 saturated carbocycles. The number of aromatic nitrogens is 1. The summed E-state index contributed by atoms with van der Waals surface area (Å²) < 4.78 is 0. The Bertz CT molecular complexity index is 496. The van der Waals surface area contributed by atoms with Crippen LogP contribution in [0, 0.1) is 6.92 Å². The molecule has 2 heterocycles. The molecule has 0 bridgehead atoms. The number of rotatable bonds is 2. The molecule has 1 aromatic heterocycles. The van der Waals surface area contributed by atoms with Crippen LogP contribution >= 0.6 is 0 Å². The predicted molar refractivity (Wildman–Crippen MR) is 88.0 cm³/mol. The van der Waals surface area contributed by atoms with E-state index in [2.05, 4.69) is 15.2 Å². The number of pyridine rings is 1. The highest BCUT2D eigenvalue weighted by atomic mass is 16.2. The fourth-order valence-electron chi connectivity index (χ4n) is 3.51. The van der Waals surface area contributed by atoms with Crippen molar-refractivity contribution in [1.29, 1.82) is 0 Å². The molecule has 5 heteroatoms. The zero-order valence-electron chi connectivity index (χ0n) is 13.4. The van der Waals surface area contributed by atoms with Crippen LogP contribution in [0.3, 0.4) is 0 Å². The van der Waals surface area contributed by atoms with Crippen molar-refractivity contribution in [2.24, 2.45) is 0 Å². The largest absolute Gasteiger partial charge is 0.323 e. The molecule has 1 saturated heterocycles. The lowest BCUT2D eigenvalue weighted by molar-refractivity contribution is 0.195. The molecule has 1 N–H and O–H groups in total. The lowest BCUT2D eigenvalue weighted by Crippen LogP contribution is -2.40. The van der Waals surface area contributed by atoms with Crippen LogP contribution in [-0.2, 0) is 0 Å². The molecule has 0 unspecified atom stereocenters. The van der Waals surface area contributed by atoms with Crippen LogP contribution < -0.4 is 5.32 Å². The van der Waals surface area contributed by atoms with Crippen LogP contribution in [0.15, 0.2) is 18.3 Å². The lowest BCUT2D eigenvalue weighted by Gasteiger charge is -2.27. The molecule has 0 spiro atoms. The van der Waals surface area contributed by atoms with Crippen molar-refractivity contribution in [1.82, 2.24) is 14.8 Å². The predicted octanol–water partition coefficient (Wildman–Crippen LogP) is 2.87. The Balaban J connectivity index is 1.53. The standard InChI is InChI=1S/C17H26N4O/c1-14-7-8-16(18-13-14)19-17(22)21-10-4-9-20(11-12-21)15-5-2-3-6-15/h7-8,13,15H,2-6,9-12H2,1H3,(H,18,19,22). The molecule has 120 valence electrons. The average Bonchev–Trinajstić information content (AvgIpc) is 2.94. The van der Waals surface area contributed by atoms with Gasteiger partial charge < -0.3 is 4.90 Å². The van der Waals surface area contributed by atoms with Crippen molar-refractivity contribution in [3.8, 4) is 0 Å². The summed E-state index contributed by atoms with van der Waals surface area (Å²) in [5, 5.41) is 2.91. The molecule has 0 radical (unpaired) electrons. The molecule has 1 aliphatic carbocycles. The Morgan fingerprint density at radius 2 is 1.95 bits per heavy atom. The Kier molecular flexibility index (Phi) is 4.93. The smallest absolute Gasteiger partial charge is 0.323 e. The number of amides is 2. The summed E-state index contributed by atoms with van der Waals surface area (Å²) in [4.78, 5) is 21.1. The zero-order valence-corrected chi connectivity index (χ0v) is 13.4. The van der Waals surface area contributed by atoms with E-state index in [1.807, 2.05) is 24.0 Å². The van der Waals surface area contributed by atoms with Gasteiger partial charge in [-0.1, -0.05) is 18.9 Å². The average molecular weight is 302 g/mol. The van der Waals surface area contributed by atoms with E-state index < -0.39 is 0 Å². The van der Waals surface area contributed by atoms with Crippen molar-refractivity contribution in [3.05, 3.63) is 23.9 Å². The quantitative estimate of drug-likeness (QED) is 0.914. The van der Waals surface area contributed by atoms with Crippen LogP contribution in [0.4, 0.5) is 10.6 Å². The van der Waals surface area contributed by atoms with Gasteiger partial charge in [-0.25, -0.2) is 9.78 Å². The van der Waals surface area contributed by atoms with Crippen molar-refractivity contribution in [2.45, 2.75) is 45.1 Å². The normalized spacial score (nSPS) is 20.9. The first-order chi connectivity index (χ1) is 10.7. The molecular weight excluding hydrogens is 276 g/mol. The summed E-state index contributed by atoms with van der Waals surface area (Å²) in [5.74, 6) is 0.632. The highest BCUT2D eigenvalue weighted by Crippen LogP contribution is 2.24. The van der Waals surface area contributed by atoms with Crippen LogP contribution in [0.1, 0.15) is 37.7 Å². The first-order valence-corrected chi connectivity index (χ1v) is 8.45. The number of nitrogens with one attached hydrogen (secondary N) is 1. The van der Waals surface area contributed by atoms with Gasteiger partial charge in [0.15, 0.2) is 0 Å². The fourth-order valence-corrected chi connectivity index (χ4v) is 3.51. The third-order valence-electron chi connectivity index (χ3n) is 4.81. The summed E-state index contributed by atoms with van der Waals surface area (Å²) in [6, 6.07) is 4.55. The monoisotopic (exact) mass is 302 g/mol. The van der Waals surface area contributed by atoms with E-state index in [1.54, 1.807) is 6.20 Å². The summed E-state index contributed by atoms with van der Waals surface area (Å²) in [5.41, 5.74) is 1.10. The summed E-state index contributed by atoms with van der Waals surface area (Å²) >= 11 is 0. The van der Waals surface area contributed by atoms with Crippen LogP contribution in [0.25, 0.3) is 0 Å². The van der Waals surface area contributed by atoms with Crippen molar-refractivity contribution in [3.63, 3.8) is 0 Å². The van der Waals surface area contributed by atoms with Gasteiger partial charge in [-0.2, -0.15) is 0 Å². The maximum absolute atomic E-state index is 12.4. The van der Waals surface area contributed by atoms with Gasteiger partial charge >= 0.3 is 6.03 Å². The second-order valence-electron chi connectivity index (χ2n) is 6.47. The summed E-state index contributed by atoms with van der Waals surface area (Å²) in [6.07, 6.45) is 8.24. The van der Waals surface area contributed by atoms with Crippen molar-refractivity contribution < 1.29 is 4.79 Å². The van der Waals surface area contributed by atoms with Crippen LogP contribution in [0.5, 0.6) is 0 Å². The zero-order chi connectivity index (χ0) is 15.4. The van der Waals surface area contributed by atoms with Gasteiger partial charge in [-0.15, -0.1) is 0 Å². The number of aryl methyl sites for hydroxylation is 1. The topological polar surface area (TPSA) is 48.5 Å². The van der Waals surface area contributed by atoms with Gasteiger partial charge in [0, 0.05) is 38.4 Å². The van der Waals surface area contributed by atoms with Gasteiger partial charge in [0.1, 0.15) is 5.82 Å². The first-order valence-electron chi connectivity index (χ1n) is 8.45. The van der Waals surface area contributed by atoms with Gasteiger partial charge in [-0.05, 0) is 37.8 Å². The third-order valence-corrected chi connectivity index (χ3v) is 4.81. The summed E-state index contributed by atoms with van der Waals surface area (Å²) in [7, 11) is 0. The van der Waals surface area contributed by atoms with E-state index in [9.17, 15) is 4.79 Å². The molecule has 0 aromatic carbocycles. The molecule has 3 rings (SSSR count). The van der Waals surface area contributed by atoms with Gasteiger partial charge in [0.05, 0.1) is 0 Å². The number of hydrogen-bond donors (Lipinski definition) is 1. The molecule has 2 amide bonds. The number of carbonyl (C=O) groups excluding carboxylic acids is 1. The van der Waals surface area contributed by atoms with Crippen molar-refractivity contribution >= 4 is 11.8 Å². The second kappa shape index (κ2) is 7.09. The lowest BCUT2D eigenvalue weighted by atomic mass is 10.2. The first kappa shape index (κ1) is 15.3. The van der Waals surface area contributed by atoms with Crippen LogP contribution in [0.2, 0.25) is 0 Å². The molecule has 2 aliphatic rings. The van der Waals surface area contributed by atoms with Gasteiger partial charge in [0.25, 0.3) is 0 Å².